The predicted molar refractivity (Wildman–Crippen MR) is 122 cm³/mol. The maximum Gasteiger partial charge on any atom is 0.178 e. The molecule has 1 saturated heterocycles. The first-order valence-corrected chi connectivity index (χ1v) is 10.4. The van der Waals surface area contributed by atoms with Crippen molar-refractivity contribution in [2.75, 3.05) is 38.1 Å². The van der Waals surface area contributed by atoms with Gasteiger partial charge in [0.1, 0.15) is 11.5 Å². The van der Waals surface area contributed by atoms with E-state index in [1.165, 1.54) is 0 Å². The Morgan fingerprint density at radius 1 is 1.07 bits per heavy atom. The van der Waals surface area contributed by atoms with Crippen molar-refractivity contribution in [1.29, 1.82) is 0 Å². The monoisotopic (exact) mass is 401 g/mol. The van der Waals surface area contributed by atoms with Gasteiger partial charge in [-0.3, -0.25) is 14.2 Å². The van der Waals surface area contributed by atoms with Gasteiger partial charge >= 0.3 is 0 Å². The second-order valence-corrected chi connectivity index (χ2v) is 7.54. The molecule has 6 nitrogen and oxygen atoms in total. The molecule has 0 aliphatic carbocycles. The molecular formula is C24H27N5O. The Hall–Kier alpha value is -3.25. The highest BCUT2D eigenvalue weighted by Gasteiger charge is 2.16. The number of anilines is 1. The van der Waals surface area contributed by atoms with Gasteiger partial charge in [0.05, 0.1) is 11.4 Å². The van der Waals surface area contributed by atoms with Gasteiger partial charge in [0.25, 0.3) is 0 Å². The third-order valence-corrected chi connectivity index (χ3v) is 5.45. The number of allylic oxidation sites excluding steroid dienone is 2. The zero-order chi connectivity index (χ0) is 20.9. The zero-order valence-corrected chi connectivity index (χ0v) is 17.5. The first-order chi connectivity index (χ1) is 14.6. The van der Waals surface area contributed by atoms with Crippen LogP contribution in [0.4, 0.5) is 5.82 Å². The fraction of sp³-hybridized carbons (Fsp3) is 0.292. The van der Waals surface area contributed by atoms with Crippen LogP contribution in [0.5, 0.6) is 0 Å². The van der Waals surface area contributed by atoms with Crippen molar-refractivity contribution < 1.29 is 4.79 Å². The average Bonchev–Trinajstić information content (AvgIpc) is 3.20. The quantitative estimate of drug-likeness (QED) is 0.593. The van der Waals surface area contributed by atoms with E-state index in [1.807, 2.05) is 30.5 Å². The summed E-state index contributed by atoms with van der Waals surface area (Å²) in [5, 5.41) is 0. The summed E-state index contributed by atoms with van der Waals surface area (Å²) in [7, 11) is 2.15. The van der Waals surface area contributed by atoms with Crippen LogP contribution in [0.15, 0.2) is 54.9 Å². The average molecular weight is 402 g/mol. The lowest BCUT2D eigenvalue weighted by molar-refractivity contribution is -0.110. The summed E-state index contributed by atoms with van der Waals surface area (Å²) in [6, 6.07) is 10.1. The number of pyridine rings is 2. The lowest BCUT2D eigenvalue weighted by Crippen LogP contribution is -2.45. The first-order valence-electron chi connectivity index (χ1n) is 10.4. The lowest BCUT2D eigenvalue weighted by Gasteiger charge is -2.34. The van der Waals surface area contributed by atoms with Gasteiger partial charge in [0, 0.05) is 38.6 Å². The Morgan fingerprint density at radius 2 is 1.87 bits per heavy atom. The molecule has 4 heterocycles. The molecule has 0 spiro atoms. The second kappa shape index (κ2) is 9.05. The molecule has 0 N–H and O–H groups in total. The molecule has 0 aromatic carbocycles. The number of hydrogen-bond donors (Lipinski definition) is 0. The molecule has 1 aliphatic heterocycles. The van der Waals surface area contributed by atoms with Gasteiger partial charge in [-0.25, -0.2) is 4.98 Å². The van der Waals surface area contributed by atoms with Crippen molar-refractivity contribution in [2.45, 2.75) is 13.3 Å². The van der Waals surface area contributed by atoms with Crippen molar-refractivity contribution >= 4 is 29.4 Å². The molecule has 1 fully saturated rings. The number of aromatic nitrogens is 3. The number of nitrogens with zero attached hydrogens (tertiary/aromatic N) is 5. The molecule has 0 unspecified atom stereocenters. The maximum atomic E-state index is 12.3. The maximum absolute atomic E-state index is 12.3. The summed E-state index contributed by atoms with van der Waals surface area (Å²) in [6.07, 6.45) is 11.3. The molecule has 3 aromatic rings. The van der Waals surface area contributed by atoms with Crippen LogP contribution < -0.4 is 4.90 Å². The lowest BCUT2D eigenvalue weighted by atomic mass is 10.1. The van der Waals surface area contributed by atoms with E-state index in [-0.39, 0.29) is 5.78 Å². The SMILES string of the molecule is CCc1cccnc1/C=C/C(=O)/C=C/c1cn2c(N3CCN(C)CC3)cccc2n1. The number of carbonyl (C=O) groups excluding carboxylic acids is 1. The molecule has 0 saturated carbocycles. The minimum atomic E-state index is -0.0842. The highest BCUT2D eigenvalue weighted by molar-refractivity contribution is 6.04. The summed E-state index contributed by atoms with van der Waals surface area (Å²) >= 11 is 0. The van der Waals surface area contributed by atoms with Gasteiger partial charge < -0.3 is 9.80 Å². The summed E-state index contributed by atoms with van der Waals surface area (Å²) in [5.74, 6) is 1.06. The van der Waals surface area contributed by atoms with Crippen LogP contribution >= 0.6 is 0 Å². The number of piperazine rings is 1. The van der Waals surface area contributed by atoms with E-state index >= 15 is 0 Å². The van der Waals surface area contributed by atoms with E-state index in [9.17, 15) is 4.79 Å². The Balaban J connectivity index is 1.50. The number of likely N-dealkylation sites (N-methyl/N-ethyl adjacent to an activating group) is 1. The minimum absolute atomic E-state index is 0.0842. The minimum Gasteiger partial charge on any atom is -0.355 e. The van der Waals surface area contributed by atoms with Crippen LogP contribution in [0.25, 0.3) is 17.8 Å². The van der Waals surface area contributed by atoms with Gasteiger partial charge in [-0.05, 0) is 61.5 Å². The number of ketones is 1. The predicted octanol–water partition coefficient (Wildman–Crippen LogP) is 3.34. The van der Waals surface area contributed by atoms with E-state index in [0.29, 0.717) is 0 Å². The first kappa shape index (κ1) is 20.0. The molecular weight excluding hydrogens is 374 g/mol. The van der Waals surface area contributed by atoms with E-state index in [2.05, 4.69) is 44.2 Å². The standard InChI is InChI=1S/C24H27N5O/c1-3-19-6-5-13-25-22(19)12-11-21(30)10-9-20-18-29-23(26-20)7-4-8-24(29)28-16-14-27(2)15-17-28/h4-13,18H,3,14-17H2,1-2H3/b10-9+,12-11+. The molecule has 0 radical (unpaired) electrons. The van der Waals surface area contributed by atoms with Crippen LogP contribution in [0, 0.1) is 0 Å². The van der Waals surface area contributed by atoms with Crippen LogP contribution in [0.3, 0.4) is 0 Å². The summed E-state index contributed by atoms with van der Waals surface area (Å²) in [6.45, 7) is 6.17. The summed E-state index contributed by atoms with van der Waals surface area (Å²) in [5.41, 5.74) is 3.62. The van der Waals surface area contributed by atoms with Crippen molar-refractivity contribution in [3.8, 4) is 0 Å². The molecule has 0 amide bonds. The third-order valence-electron chi connectivity index (χ3n) is 5.45. The molecule has 0 atom stereocenters. The van der Waals surface area contributed by atoms with Gasteiger partial charge in [-0.15, -0.1) is 0 Å². The highest BCUT2D eigenvalue weighted by Crippen LogP contribution is 2.20. The van der Waals surface area contributed by atoms with E-state index in [0.717, 1.165) is 61.0 Å². The fourth-order valence-electron chi connectivity index (χ4n) is 3.67. The van der Waals surface area contributed by atoms with Crippen molar-refractivity contribution in [3.05, 3.63) is 71.8 Å². The van der Waals surface area contributed by atoms with Crippen molar-refractivity contribution in [3.63, 3.8) is 0 Å². The van der Waals surface area contributed by atoms with E-state index in [1.54, 1.807) is 30.5 Å². The van der Waals surface area contributed by atoms with Crippen molar-refractivity contribution in [2.24, 2.45) is 0 Å². The summed E-state index contributed by atoms with van der Waals surface area (Å²) in [4.78, 5) is 26.0. The Bertz CT molecular complexity index is 1090. The van der Waals surface area contributed by atoms with Crippen LogP contribution in [0.1, 0.15) is 23.9 Å². The number of aryl methyl sites for hydroxylation is 1. The molecule has 6 heteroatoms. The number of imidazole rings is 1. The third kappa shape index (κ3) is 4.49. The van der Waals surface area contributed by atoms with Crippen LogP contribution in [-0.2, 0) is 11.2 Å². The largest absolute Gasteiger partial charge is 0.355 e. The topological polar surface area (TPSA) is 53.7 Å². The number of hydrogen-bond acceptors (Lipinski definition) is 5. The van der Waals surface area contributed by atoms with Crippen LogP contribution in [-0.4, -0.2) is 58.3 Å². The number of fused-ring (bicyclic) bond motifs is 1. The molecule has 3 aromatic heterocycles. The molecule has 154 valence electrons. The normalized spacial score (nSPS) is 15.6. The molecule has 0 bridgehead atoms. The molecule has 30 heavy (non-hydrogen) atoms. The smallest absolute Gasteiger partial charge is 0.178 e. The van der Waals surface area contributed by atoms with Gasteiger partial charge in [-0.1, -0.05) is 19.1 Å². The van der Waals surface area contributed by atoms with Crippen LogP contribution in [0.2, 0.25) is 0 Å². The Kier molecular flexibility index (Phi) is 6.05. The summed E-state index contributed by atoms with van der Waals surface area (Å²) < 4.78 is 2.10. The number of carbonyl (C=O) groups is 1. The zero-order valence-electron chi connectivity index (χ0n) is 17.5. The highest BCUT2D eigenvalue weighted by atomic mass is 16.1. The Morgan fingerprint density at radius 3 is 2.67 bits per heavy atom. The Labute approximate surface area is 177 Å². The van der Waals surface area contributed by atoms with Crippen molar-refractivity contribution in [1.82, 2.24) is 19.3 Å². The second-order valence-electron chi connectivity index (χ2n) is 7.54. The molecule has 1 aliphatic rings. The van der Waals surface area contributed by atoms with Gasteiger partial charge in [0.15, 0.2) is 5.78 Å². The number of rotatable bonds is 6. The van der Waals surface area contributed by atoms with E-state index in [4.69, 9.17) is 0 Å². The van der Waals surface area contributed by atoms with Gasteiger partial charge in [0.2, 0.25) is 0 Å². The van der Waals surface area contributed by atoms with E-state index < -0.39 is 0 Å². The van der Waals surface area contributed by atoms with Gasteiger partial charge in [-0.2, -0.15) is 0 Å². The fourth-order valence-corrected chi connectivity index (χ4v) is 3.67. The molecule has 4 rings (SSSR count).